The van der Waals surface area contributed by atoms with Gasteiger partial charge in [0.2, 0.25) is 0 Å². The van der Waals surface area contributed by atoms with Crippen LogP contribution in [0, 0.1) is 0 Å². The molecule has 0 aliphatic carbocycles. The van der Waals surface area contributed by atoms with E-state index in [1.165, 1.54) is 12.1 Å². The van der Waals surface area contributed by atoms with E-state index in [9.17, 15) is 13.2 Å². The van der Waals surface area contributed by atoms with Crippen LogP contribution in [0.3, 0.4) is 0 Å². The van der Waals surface area contributed by atoms with Gasteiger partial charge in [0.25, 0.3) is 0 Å². The number of nitrogens with zero attached hydrogens (tertiary/aromatic N) is 1. The van der Waals surface area contributed by atoms with Gasteiger partial charge in [-0.15, -0.1) is 0 Å². The first-order chi connectivity index (χ1) is 8.99. The molecule has 6 heteroatoms. The van der Waals surface area contributed by atoms with Gasteiger partial charge in [-0.25, -0.2) is 4.98 Å². The first kappa shape index (κ1) is 13.9. The number of halogens is 3. The van der Waals surface area contributed by atoms with Gasteiger partial charge in [0, 0.05) is 4.90 Å². The van der Waals surface area contributed by atoms with E-state index in [1.807, 2.05) is 0 Å². The van der Waals surface area contributed by atoms with Crippen molar-refractivity contribution in [3.8, 4) is 0 Å². The molecule has 19 heavy (non-hydrogen) atoms. The van der Waals surface area contributed by atoms with E-state index in [0.29, 0.717) is 0 Å². The minimum Gasteiger partial charge on any atom is -0.392 e. The third kappa shape index (κ3) is 3.71. The third-order valence-corrected chi connectivity index (χ3v) is 3.29. The average Bonchev–Trinajstić information content (AvgIpc) is 2.39. The molecule has 100 valence electrons. The monoisotopic (exact) mass is 285 g/mol. The largest absolute Gasteiger partial charge is 0.433 e. The summed E-state index contributed by atoms with van der Waals surface area (Å²) < 4.78 is 37.5. The molecule has 0 unspecified atom stereocenters. The van der Waals surface area contributed by atoms with Gasteiger partial charge < -0.3 is 5.11 Å². The second kappa shape index (κ2) is 5.63. The van der Waals surface area contributed by atoms with Crippen molar-refractivity contribution in [3.63, 3.8) is 0 Å². The number of alkyl halides is 3. The molecule has 0 saturated carbocycles. The number of aromatic nitrogens is 1. The van der Waals surface area contributed by atoms with Gasteiger partial charge >= 0.3 is 6.18 Å². The molecular weight excluding hydrogens is 275 g/mol. The van der Waals surface area contributed by atoms with Crippen molar-refractivity contribution >= 4 is 11.8 Å². The molecule has 1 aromatic heterocycles. The second-order valence-corrected chi connectivity index (χ2v) is 4.86. The summed E-state index contributed by atoms with van der Waals surface area (Å²) in [6.07, 6.45) is -4.43. The maximum Gasteiger partial charge on any atom is 0.433 e. The number of hydrogen-bond acceptors (Lipinski definition) is 3. The first-order valence-electron chi connectivity index (χ1n) is 5.41. The fourth-order valence-corrected chi connectivity index (χ4v) is 2.22. The van der Waals surface area contributed by atoms with Crippen molar-refractivity contribution in [3.05, 3.63) is 53.7 Å². The summed E-state index contributed by atoms with van der Waals surface area (Å²) in [6.45, 7) is -0.0627. The Bertz CT molecular complexity index is 555. The Kier molecular flexibility index (Phi) is 4.11. The molecule has 2 nitrogen and oxygen atoms in total. The van der Waals surface area contributed by atoms with Crippen LogP contribution in [0.4, 0.5) is 13.2 Å². The lowest BCUT2D eigenvalue weighted by Crippen LogP contribution is -2.07. The smallest absolute Gasteiger partial charge is 0.392 e. The summed E-state index contributed by atoms with van der Waals surface area (Å²) in [6, 6.07) is 10.7. The van der Waals surface area contributed by atoms with Crippen molar-refractivity contribution in [2.24, 2.45) is 0 Å². The van der Waals surface area contributed by atoms with Crippen LogP contribution in [0.5, 0.6) is 0 Å². The molecule has 0 fully saturated rings. The van der Waals surface area contributed by atoms with Crippen molar-refractivity contribution in [1.82, 2.24) is 4.98 Å². The predicted molar refractivity (Wildman–Crippen MR) is 65.7 cm³/mol. The van der Waals surface area contributed by atoms with Gasteiger partial charge in [-0.05, 0) is 29.8 Å². The highest BCUT2D eigenvalue weighted by molar-refractivity contribution is 7.99. The topological polar surface area (TPSA) is 33.1 Å². The van der Waals surface area contributed by atoms with Crippen molar-refractivity contribution in [2.75, 3.05) is 0 Å². The lowest BCUT2D eigenvalue weighted by atomic mass is 10.2. The maximum absolute atomic E-state index is 12.5. The van der Waals surface area contributed by atoms with Gasteiger partial charge in [0.05, 0.1) is 6.61 Å². The molecule has 0 radical (unpaired) electrons. The zero-order valence-corrected chi connectivity index (χ0v) is 10.5. The quantitative estimate of drug-likeness (QED) is 0.932. The summed E-state index contributed by atoms with van der Waals surface area (Å²) in [7, 11) is 0. The van der Waals surface area contributed by atoms with Crippen LogP contribution in [0.15, 0.2) is 52.4 Å². The summed E-state index contributed by atoms with van der Waals surface area (Å²) >= 11 is 1.14. The zero-order valence-electron chi connectivity index (χ0n) is 9.69. The van der Waals surface area contributed by atoms with E-state index >= 15 is 0 Å². The Morgan fingerprint density at radius 3 is 2.32 bits per heavy atom. The number of aliphatic hydroxyl groups is 1. The molecule has 0 aliphatic heterocycles. The number of pyridine rings is 1. The number of rotatable bonds is 3. The van der Waals surface area contributed by atoms with Crippen molar-refractivity contribution in [1.29, 1.82) is 0 Å². The molecule has 0 spiro atoms. The van der Waals surface area contributed by atoms with E-state index in [0.717, 1.165) is 28.3 Å². The standard InChI is InChI=1S/C13H10F3NOS/c14-13(15,16)11-2-1-3-12(17-11)19-10-6-4-9(8-18)5-7-10/h1-7,18H,8H2. The molecule has 1 N–H and O–H groups in total. The molecule has 2 rings (SSSR count). The summed E-state index contributed by atoms with van der Waals surface area (Å²) in [5, 5.41) is 9.18. The molecule has 1 aromatic carbocycles. The van der Waals surface area contributed by atoms with Gasteiger partial charge in [0.1, 0.15) is 10.7 Å². The van der Waals surface area contributed by atoms with E-state index in [-0.39, 0.29) is 11.6 Å². The normalized spacial score (nSPS) is 11.6. The van der Waals surface area contributed by atoms with Crippen LogP contribution < -0.4 is 0 Å². The van der Waals surface area contributed by atoms with Crippen LogP contribution in [0.25, 0.3) is 0 Å². The van der Waals surface area contributed by atoms with E-state index in [1.54, 1.807) is 24.3 Å². The van der Waals surface area contributed by atoms with E-state index in [2.05, 4.69) is 4.98 Å². The SMILES string of the molecule is OCc1ccc(Sc2cccc(C(F)(F)F)n2)cc1. The van der Waals surface area contributed by atoms with Crippen LogP contribution in [-0.2, 0) is 12.8 Å². The lowest BCUT2D eigenvalue weighted by molar-refractivity contribution is -0.141. The molecule has 0 saturated heterocycles. The fraction of sp³-hybridized carbons (Fsp3) is 0.154. The summed E-state index contributed by atoms with van der Waals surface area (Å²) in [4.78, 5) is 4.34. The fourth-order valence-electron chi connectivity index (χ4n) is 1.41. The molecule has 0 amide bonds. The van der Waals surface area contributed by atoms with Gasteiger partial charge in [-0.3, -0.25) is 0 Å². The van der Waals surface area contributed by atoms with Gasteiger partial charge in [0.15, 0.2) is 0 Å². The summed E-state index contributed by atoms with van der Waals surface area (Å²) in [5.41, 5.74) is -0.147. The molecule has 2 aromatic rings. The van der Waals surface area contributed by atoms with Crippen LogP contribution in [0.2, 0.25) is 0 Å². The Morgan fingerprint density at radius 1 is 1.05 bits per heavy atom. The highest BCUT2D eigenvalue weighted by Gasteiger charge is 2.32. The Labute approximate surface area is 112 Å². The maximum atomic E-state index is 12.5. The van der Waals surface area contributed by atoms with Gasteiger partial charge in [-0.1, -0.05) is 30.0 Å². The van der Waals surface area contributed by atoms with E-state index in [4.69, 9.17) is 5.11 Å². The Balaban J connectivity index is 2.18. The van der Waals surface area contributed by atoms with Crippen LogP contribution >= 0.6 is 11.8 Å². The zero-order chi connectivity index (χ0) is 13.9. The molecule has 1 heterocycles. The average molecular weight is 285 g/mol. The first-order valence-corrected chi connectivity index (χ1v) is 6.22. The van der Waals surface area contributed by atoms with Crippen molar-refractivity contribution in [2.45, 2.75) is 22.7 Å². The van der Waals surface area contributed by atoms with Crippen LogP contribution in [-0.4, -0.2) is 10.1 Å². The predicted octanol–water partition coefficient (Wildman–Crippen LogP) is 3.74. The molecule has 0 atom stereocenters. The highest BCUT2D eigenvalue weighted by Crippen LogP contribution is 2.31. The third-order valence-electron chi connectivity index (χ3n) is 2.34. The van der Waals surface area contributed by atoms with Crippen molar-refractivity contribution < 1.29 is 18.3 Å². The number of hydrogen-bond donors (Lipinski definition) is 1. The molecular formula is C13H10F3NOS. The Morgan fingerprint density at radius 2 is 1.74 bits per heavy atom. The van der Waals surface area contributed by atoms with E-state index < -0.39 is 11.9 Å². The minimum atomic E-state index is -4.43. The van der Waals surface area contributed by atoms with Gasteiger partial charge in [-0.2, -0.15) is 13.2 Å². The highest BCUT2D eigenvalue weighted by atomic mass is 32.2. The minimum absolute atomic E-state index is 0.0627. The summed E-state index contributed by atoms with van der Waals surface area (Å²) in [5.74, 6) is 0. The lowest BCUT2D eigenvalue weighted by Gasteiger charge is -2.07. The molecule has 0 aliphatic rings. The molecule has 0 bridgehead atoms. The Hall–Kier alpha value is -1.53. The number of aliphatic hydroxyl groups excluding tert-OH is 1. The second-order valence-electron chi connectivity index (χ2n) is 3.76. The van der Waals surface area contributed by atoms with Crippen LogP contribution in [0.1, 0.15) is 11.3 Å². The number of benzene rings is 1.